The van der Waals surface area contributed by atoms with Crippen LogP contribution in [0.2, 0.25) is 5.02 Å². The molecule has 3 rings (SSSR count). The molecule has 1 saturated carbocycles. The number of ether oxygens (including phenoxy) is 1. The van der Waals surface area contributed by atoms with E-state index in [0.717, 1.165) is 25.7 Å². The van der Waals surface area contributed by atoms with E-state index in [-0.39, 0.29) is 18.4 Å². The van der Waals surface area contributed by atoms with Gasteiger partial charge in [-0.25, -0.2) is 0 Å². The highest BCUT2D eigenvalue weighted by molar-refractivity contribution is 6.33. The zero-order valence-corrected chi connectivity index (χ0v) is 17.1. The molecule has 148 valence electrons. The van der Waals surface area contributed by atoms with Crippen molar-refractivity contribution in [2.75, 3.05) is 13.2 Å². The lowest BCUT2D eigenvalue weighted by Gasteiger charge is -2.43. The number of rotatable bonds is 4. The Morgan fingerprint density at radius 1 is 1.30 bits per heavy atom. The first-order valence-electron chi connectivity index (χ1n) is 9.84. The van der Waals surface area contributed by atoms with Crippen LogP contribution in [0, 0.1) is 11.8 Å². The van der Waals surface area contributed by atoms with Gasteiger partial charge in [0.15, 0.2) is 0 Å². The fraction of sp³-hybridized carbons (Fsp3) is 0.619. The van der Waals surface area contributed by atoms with Gasteiger partial charge in [-0.15, -0.1) is 0 Å². The van der Waals surface area contributed by atoms with Gasteiger partial charge in [-0.05, 0) is 49.7 Å². The zero-order valence-electron chi connectivity index (χ0n) is 16.3. The molecule has 2 fully saturated rings. The first-order chi connectivity index (χ1) is 12.8. The first-order valence-corrected chi connectivity index (χ1v) is 10.2. The molecule has 1 atom stereocenters. The molecular weight excluding hydrogens is 364 g/mol. The second kappa shape index (κ2) is 8.19. The number of benzene rings is 1. The van der Waals surface area contributed by atoms with Gasteiger partial charge >= 0.3 is 0 Å². The predicted molar refractivity (Wildman–Crippen MR) is 106 cm³/mol. The summed E-state index contributed by atoms with van der Waals surface area (Å²) in [6, 6.07) is 6.38. The highest BCUT2D eigenvalue weighted by atomic mass is 35.5. The summed E-state index contributed by atoms with van der Waals surface area (Å²) in [5.74, 6) is 0.565. The molecule has 1 N–H and O–H groups in total. The maximum Gasteiger partial charge on any atom is 0.258 e. The van der Waals surface area contributed by atoms with E-state index in [1.807, 2.05) is 13.8 Å². The van der Waals surface area contributed by atoms with Gasteiger partial charge in [-0.3, -0.25) is 14.5 Å². The van der Waals surface area contributed by atoms with Crippen molar-refractivity contribution in [3.8, 4) is 0 Å². The van der Waals surface area contributed by atoms with Crippen LogP contribution in [0.5, 0.6) is 0 Å². The van der Waals surface area contributed by atoms with Crippen LogP contribution in [-0.2, 0) is 9.53 Å². The van der Waals surface area contributed by atoms with Crippen LogP contribution in [0.1, 0.15) is 56.8 Å². The molecule has 2 amide bonds. The number of nitrogens with zero attached hydrogens (tertiary/aromatic N) is 1. The number of halogens is 1. The van der Waals surface area contributed by atoms with Crippen LogP contribution >= 0.6 is 11.6 Å². The van der Waals surface area contributed by atoms with Crippen LogP contribution in [0.15, 0.2) is 24.3 Å². The van der Waals surface area contributed by atoms with E-state index < -0.39 is 11.8 Å². The number of amides is 2. The van der Waals surface area contributed by atoms with Gasteiger partial charge in [0.25, 0.3) is 5.91 Å². The summed E-state index contributed by atoms with van der Waals surface area (Å²) in [7, 11) is 0. The van der Waals surface area contributed by atoms with Gasteiger partial charge in [0.05, 0.1) is 17.2 Å². The number of hydrogen-bond donors (Lipinski definition) is 1. The first kappa shape index (κ1) is 20.2. The van der Waals surface area contributed by atoms with Gasteiger partial charge < -0.3 is 10.1 Å². The second-order valence-corrected chi connectivity index (χ2v) is 8.66. The minimum Gasteiger partial charge on any atom is -0.354 e. The summed E-state index contributed by atoms with van der Waals surface area (Å²) in [5, 5.41) is 3.36. The van der Waals surface area contributed by atoms with E-state index in [4.69, 9.17) is 16.3 Å². The highest BCUT2D eigenvalue weighted by Crippen LogP contribution is 2.43. The van der Waals surface area contributed by atoms with Crippen molar-refractivity contribution in [1.82, 2.24) is 10.2 Å². The van der Waals surface area contributed by atoms with Gasteiger partial charge in [0, 0.05) is 6.54 Å². The fourth-order valence-electron chi connectivity index (χ4n) is 3.97. The maximum absolute atomic E-state index is 13.5. The molecule has 1 aromatic carbocycles. The largest absolute Gasteiger partial charge is 0.354 e. The van der Waals surface area contributed by atoms with Crippen molar-refractivity contribution in [3.63, 3.8) is 0 Å². The SMILES string of the molecule is CC(C)CNC(=O)C1COC2(CCC(C)CC2)N1C(=O)c1ccccc1Cl. The maximum atomic E-state index is 13.5. The minimum atomic E-state index is -0.706. The van der Waals surface area contributed by atoms with Crippen molar-refractivity contribution in [1.29, 1.82) is 0 Å². The molecule has 2 aliphatic rings. The predicted octanol–water partition coefficient (Wildman–Crippen LogP) is 3.86. The molecule has 1 heterocycles. The highest BCUT2D eigenvalue weighted by Gasteiger charge is 2.53. The second-order valence-electron chi connectivity index (χ2n) is 8.25. The molecule has 6 heteroatoms. The third kappa shape index (κ3) is 4.14. The third-order valence-electron chi connectivity index (χ3n) is 5.63. The lowest BCUT2D eigenvalue weighted by molar-refractivity contribution is -0.128. The monoisotopic (exact) mass is 392 g/mol. The third-order valence-corrected chi connectivity index (χ3v) is 5.96. The van der Waals surface area contributed by atoms with Gasteiger partial charge in [0.2, 0.25) is 5.91 Å². The molecule has 0 radical (unpaired) electrons. The summed E-state index contributed by atoms with van der Waals surface area (Å²) < 4.78 is 6.17. The topological polar surface area (TPSA) is 58.6 Å². The molecule has 1 spiro atoms. The molecule has 1 unspecified atom stereocenters. The summed E-state index contributed by atoms with van der Waals surface area (Å²) in [4.78, 5) is 28.0. The molecule has 1 aromatic rings. The zero-order chi connectivity index (χ0) is 19.6. The molecular formula is C21H29ClN2O3. The molecule has 1 aliphatic heterocycles. The Morgan fingerprint density at radius 2 is 1.96 bits per heavy atom. The smallest absolute Gasteiger partial charge is 0.258 e. The number of nitrogens with one attached hydrogen (secondary N) is 1. The van der Waals surface area contributed by atoms with Gasteiger partial charge in [-0.2, -0.15) is 0 Å². The van der Waals surface area contributed by atoms with E-state index in [1.165, 1.54) is 0 Å². The van der Waals surface area contributed by atoms with Crippen molar-refractivity contribution in [2.24, 2.45) is 11.8 Å². The van der Waals surface area contributed by atoms with E-state index in [0.29, 0.717) is 29.0 Å². The Kier molecular flexibility index (Phi) is 6.11. The van der Waals surface area contributed by atoms with Crippen molar-refractivity contribution < 1.29 is 14.3 Å². The minimum absolute atomic E-state index is 0.153. The summed E-state index contributed by atoms with van der Waals surface area (Å²) in [5.41, 5.74) is -0.285. The number of hydrogen-bond acceptors (Lipinski definition) is 3. The van der Waals surface area contributed by atoms with Crippen molar-refractivity contribution in [3.05, 3.63) is 34.9 Å². The molecule has 1 saturated heterocycles. The Bertz CT molecular complexity index is 698. The standard InChI is InChI=1S/C21H29ClN2O3/c1-14(2)12-23-19(25)18-13-27-21(10-8-15(3)9-11-21)24(18)20(26)16-6-4-5-7-17(16)22/h4-7,14-15,18H,8-13H2,1-3H3,(H,23,25). The normalized spacial score (nSPS) is 28.0. The van der Waals surface area contributed by atoms with Crippen LogP contribution in [0.25, 0.3) is 0 Å². The Balaban J connectivity index is 1.91. The van der Waals surface area contributed by atoms with Crippen LogP contribution in [-0.4, -0.2) is 41.6 Å². The Labute approximate surface area is 166 Å². The van der Waals surface area contributed by atoms with Crippen LogP contribution in [0.3, 0.4) is 0 Å². The number of carbonyl (C=O) groups excluding carboxylic acids is 2. The molecule has 1 aliphatic carbocycles. The van der Waals surface area contributed by atoms with E-state index in [1.54, 1.807) is 29.2 Å². The fourth-order valence-corrected chi connectivity index (χ4v) is 4.18. The van der Waals surface area contributed by atoms with E-state index in [9.17, 15) is 9.59 Å². The van der Waals surface area contributed by atoms with E-state index >= 15 is 0 Å². The van der Waals surface area contributed by atoms with Crippen molar-refractivity contribution in [2.45, 2.75) is 58.2 Å². The van der Waals surface area contributed by atoms with Gasteiger partial charge in [-0.1, -0.05) is 44.5 Å². The number of carbonyl (C=O) groups is 2. The van der Waals surface area contributed by atoms with E-state index in [2.05, 4.69) is 12.2 Å². The Hall–Kier alpha value is -1.59. The quantitative estimate of drug-likeness (QED) is 0.846. The lowest BCUT2D eigenvalue weighted by atomic mass is 9.83. The van der Waals surface area contributed by atoms with Crippen LogP contribution < -0.4 is 5.32 Å². The average molecular weight is 393 g/mol. The van der Waals surface area contributed by atoms with Crippen molar-refractivity contribution >= 4 is 23.4 Å². The summed E-state index contributed by atoms with van der Waals surface area (Å²) in [6.45, 7) is 7.11. The molecule has 0 aromatic heterocycles. The average Bonchev–Trinajstić information content (AvgIpc) is 3.01. The van der Waals surface area contributed by atoms with Gasteiger partial charge in [0.1, 0.15) is 11.8 Å². The van der Waals surface area contributed by atoms with Crippen LogP contribution in [0.4, 0.5) is 0 Å². The molecule has 5 nitrogen and oxygen atoms in total. The summed E-state index contributed by atoms with van der Waals surface area (Å²) in [6.07, 6.45) is 3.45. The molecule has 27 heavy (non-hydrogen) atoms. The Morgan fingerprint density at radius 3 is 2.59 bits per heavy atom. The molecule has 0 bridgehead atoms. The summed E-state index contributed by atoms with van der Waals surface area (Å²) >= 11 is 6.29. The lowest BCUT2D eigenvalue weighted by Crippen LogP contribution is -2.57.